The monoisotopic (exact) mass is 296 g/mol. The summed E-state index contributed by atoms with van der Waals surface area (Å²) >= 11 is 0. The van der Waals surface area contributed by atoms with Gasteiger partial charge in [-0.05, 0) is 73.5 Å². The average molecular weight is 297 g/mol. The van der Waals surface area contributed by atoms with E-state index in [1.54, 1.807) is 0 Å². The molecule has 2 N–H and O–H groups in total. The van der Waals surface area contributed by atoms with E-state index in [2.05, 4.69) is 55.2 Å². The summed E-state index contributed by atoms with van der Waals surface area (Å²) in [5, 5.41) is 7.36. The Bertz CT molecular complexity index is 300. The molecule has 21 heavy (non-hydrogen) atoms. The fourth-order valence-corrected chi connectivity index (χ4v) is 3.88. The molecule has 0 unspecified atom stereocenters. The van der Waals surface area contributed by atoms with Crippen molar-refractivity contribution >= 4 is 0 Å². The van der Waals surface area contributed by atoms with Gasteiger partial charge in [-0.1, -0.05) is 0 Å². The van der Waals surface area contributed by atoms with Crippen LogP contribution < -0.4 is 10.6 Å². The molecule has 0 saturated carbocycles. The Hall–Kier alpha value is -0.160. The second-order valence-electron chi connectivity index (χ2n) is 7.66. The molecule has 0 amide bonds. The van der Waals surface area contributed by atoms with Crippen LogP contribution >= 0.6 is 0 Å². The lowest BCUT2D eigenvalue weighted by Gasteiger charge is -2.46. The predicted molar refractivity (Wildman–Crippen MR) is 90.6 cm³/mol. The van der Waals surface area contributed by atoms with E-state index < -0.39 is 0 Å². The van der Waals surface area contributed by atoms with Crippen LogP contribution in [-0.4, -0.2) is 66.8 Å². The third-order valence-electron chi connectivity index (χ3n) is 5.51. The highest BCUT2D eigenvalue weighted by Crippen LogP contribution is 2.22. The van der Waals surface area contributed by atoms with Gasteiger partial charge in [0, 0.05) is 31.2 Å². The number of nitrogens with zero attached hydrogens (tertiary/aromatic N) is 2. The quantitative estimate of drug-likeness (QED) is 0.811. The van der Waals surface area contributed by atoms with Gasteiger partial charge in [0.1, 0.15) is 0 Å². The second kappa shape index (κ2) is 7.40. The van der Waals surface area contributed by atoms with E-state index in [9.17, 15) is 0 Å². The molecular formula is C17H36N4. The third-order valence-corrected chi connectivity index (χ3v) is 5.51. The van der Waals surface area contributed by atoms with Gasteiger partial charge >= 0.3 is 0 Å². The number of nitrogens with one attached hydrogen (secondary N) is 2. The molecule has 0 bridgehead atoms. The molecule has 2 heterocycles. The molecule has 0 aromatic heterocycles. The Morgan fingerprint density at radius 2 is 1.43 bits per heavy atom. The van der Waals surface area contributed by atoms with Gasteiger partial charge in [-0.2, -0.15) is 0 Å². The molecule has 0 aromatic rings. The molecule has 0 atom stereocenters. The van der Waals surface area contributed by atoms with Crippen LogP contribution in [0.5, 0.6) is 0 Å². The zero-order valence-electron chi connectivity index (χ0n) is 14.8. The first-order valence-electron chi connectivity index (χ1n) is 8.86. The molecule has 2 rings (SSSR count). The van der Waals surface area contributed by atoms with E-state index in [0.717, 1.165) is 0 Å². The SMILES string of the molecule is CNC1CCN(C(C)(C)NC2CCN(C(C)C)CC2)CC1. The number of likely N-dealkylation sites (tertiary alicyclic amines) is 2. The molecule has 2 saturated heterocycles. The average Bonchev–Trinajstić information content (AvgIpc) is 2.47. The van der Waals surface area contributed by atoms with Gasteiger partial charge in [0.15, 0.2) is 0 Å². The normalized spacial score (nSPS) is 24.9. The lowest BCUT2D eigenvalue weighted by Crippen LogP contribution is -2.62. The standard InChI is InChI=1S/C17H36N4/c1-14(2)20-10-6-16(7-11-20)19-17(3,4)21-12-8-15(18-5)9-13-21/h14-16,18-19H,6-13H2,1-5H3. The van der Waals surface area contributed by atoms with Crippen molar-refractivity contribution in [1.29, 1.82) is 0 Å². The summed E-state index contributed by atoms with van der Waals surface area (Å²) in [4.78, 5) is 5.24. The highest BCUT2D eigenvalue weighted by atomic mass is 15.3. The van der Waals surface area contributed by atoms with Crippen LogP contribution in [0.1, 0.15) is 53.4 Å². The van der Waals surface area contributed by atoms with E-state index in [-0.39, 0.29) is 5.66 Å². The zero-order valence-corrected chi connectivity index (χ0v) is 14.8. The van der Waals surface area contributed by atoms with Crippen LogP contribution in [0.2, 0.25) is 0 Å². The van der Waals surface area contributed by atoms with Crippen LogP contribution in [0.3, 0.4) is 0 Å². The lowest BCUT2D eigenvalue weighted by molar-refractivity contribution is 0.0358. The molecule has 124 valence electrons. The van der Waals surface area contributed by atoms with Gasteiger partial charge in [0.05, 0.1) is 5.66 Å². The van der Waals surface area contributed by atoms with Crippen molar-refractivity contribution in [3.63, 3.8) is 0 Å². The minimum atomic E-state index is 0.128. The molecule has 2 aliphatic heterocycles. The Morgan fingerprint density at radius 1 is 0.905 bits per heavy atom. The van der Waals surface area contributed by atoms with Crippen LogP contribution in [-0.2, 0) is 0 Å². The molecular weight excluding hydrogens is 260 g/mol. The second-order valence-corrected chi connectivity index (χ2v) is 7.66. The van der Waals surface area contributed by atoms with Crippen molar-refractivity contribution in [3.05, 3.63) is 0 Å². The summed E-state index contributed by atoms with van der Waals surface area (Å²) in [5.41, 5.74) is 0.128. The highest BCUT2D eigenvalue weighted by molar-refractivity contribution is 4.89. The summed E-state index contributed by atoms with van der Waals surface area (Å²) < 4.78 is 0. The van der Waals surface area contributed by atoms with Crippen molar-refractivity contribution in [1.82, 2.24) is 20.4 Å². The van der Waals surface area contributed by atoms with Crippen LogP contribution in [0.4, 0.5) is 0 Å². The Balaban J connectivity index is 1.79. The summed E-state index contributed by atoms with van der Waals surface area (Å²) in [7, 11) is 2.09. The van der Waals surface area contributed by atoms with Crippen molar-refractivity contribution in [2.45, 2.75) is 77.2 Å². The third kappa shape index (κ3) is 4.65. The molecule has 2 aliphatic rings. The molecule has 0 spiro atoms. The van der Waals surface area contributed by atoms with Crippen LogP contribution in [0.25, 0.3) is 0 Å². The Kier molecular flexibility index (Phi) is 6.06. The van der Waals surface area contributed by atoms with Gasteiger partial charge in [-0.3, -0.25) is 10.2 Å². The van der Waals surface area contributed by atoms with Crippen molar-refractivity contribution < 1.29 is 0 Å². The Morgan fingerprint density at radius 3 is 1.90 bits per heavy atom. The van der Waals surface area contributed by atoms with E-state index in [1.807, 2.05) is 0 Å². The summed E-state index contributed by atoms with van der Waals surface area (Å²) in [6.45, 7) is 14.2. The molecule has 2 fully saturated rings. The van der Waals surface area contributed by atoms with E-state index in [1.165, 1.54) is 51.9 Å². The number of piperidine rings is 2. The van der Waals surface area contributed by atoms with Crippen molar-refractivity contribution in [3.8, 4) is 0 Å². The summed E-state index contributed by atoms with van der Waals surface area (Å²) in [6, 6.07) is 2.09. The van der Waals surface area contributed by atoms with Gasteiger partial charge in [0.2, 0.25) is 0 Å². The minimum Gasteiger partial charge on any atom is -0.317 e. The number of hydrogen-bond acceptors (Lipinski definition) is 4. The first-order chi connectivity index (χ1) is 9.92. The highest BCUT2D eigenvalue weighted by Gasteiger charge is 2.33. The number of hydrogen-bond donors (Lipinski definition) is 2. The van der Waals surface area contributed by atoms with Gasteiger partial charge < -0.3 is 10.2 Å². The van der Waals surface area contributed by atoms with Crippen molar-refractivity contribution in [2.24, 2.45) is 0 Å². The Labute approximate surface area is 131 Å². The maximum atomic E-state index is 3.94. The zero-order chi connectivity index (χ0) is 15.5. The van der Waals surface area contributed by atoms with Crippen LogP contribution in [0, 0.1) is 0 Å². The van der Waals surface area contributed by atoms with Gasteiger partial charge in [0.25, 0.3) is 0 Å². The summed E-state index contributed by atoms with van der Waals surface area (Å²) in [5.74, 6) is 0. The van der Waals surface area contributed by atoms with Gasteiger partial charge in [-0.25, -0.2) is 0 Å². The summed E-state index contributed by atoms with van der Waals surface area (Å²) in [6.07, 6.45) is 5.12. The fraction of sp³-hybridized carbons (Fsp3) is 1.00. The van der Waals surface area contributed by atoms with E-state index in [0.29, 0.717) is 18.1 Å². The molecule has 4 nitrogen and oxygen atoms in total. The minimum absolute atomic E-state index is 0.128. The fourth-order valence-electron chi connectivity index (χ4n) is 3.88. The topological polar surface area (TPSA) is 30.5 Å². The largest absolute Gasteiger partial charge is 0.317 e. The molecule has 0 radical (unpaired) electrons. The smallest absolute Gasteiger partial charge is 0.0656 e. The molecule has 4 heteroatoms. The van der Waals surface area contributed by atoms with Crippen LogP contribution in [0.15, 0.2) is 0 Å². The van der Waals surface area contributed by atoms with E-state index in [4.69, 9.17) is 0 Å². The lowest BCUT2D eigenvalue weighted by atomic mass is 9.98. The maximum Gasteiger partial charge on any atom is 0.0656 e. The predicted octanol–water partition coefficient (Wildman–Crippen LogP) is 1.87. The molecule has 0 aromatic carbocycles. The molecule has 0 aliphatic carbocycles. The first-order valence-corrected chi connectivity index (χ1v) is 8.86. The van der Waals surface area contributed by atoms with Gasteiger partial charge in [-0.15, -0.1) is 0 Å². The van der Waals surface area contributed by atoms with Crippen molar-refractivity contribution in [2.75, 3.05) is 33.2 Å². The maximum absolute atomic E-state index is 3.94. The first kappa shape index (κ1) is 17.2. The van der Waals surface area contributed by atoms with E-state index >= 15 is 0 Å². The number of rotatable bonds is 5.